The van der Waals surface area contributed by atoms with Gasteiger partial charge < -0.3 is 10.1 Å². The topological polar surface area (TPSA) is 64.1 Å². The van der Waals surface area contributed by atoms with Crippen molar-refractivity contribution in [2.45, 2.75) is 26.6 Å². The van der Waals surface area contributed by atoms with E-state index in [0.717, 1.165) is 37.0 Å². The van der Waals surface area contributed by atoms with Crippen LogP contribution >= 0.6 is 34.9 Å². The van der Waals surface area contributed by atoms with Crippen molar-refractivity contribution >= 4 is 46.5 Å². The van der Waals surface area contributed by atoms with Gasteiger partial charge in [0.2, 0.25) is 5.91 Å². The van der Waals surface area contributed by atoms with Crippen LogP contribution in [0.2, 0.25) is 0 Å². The summed E-state index contributed by atoms with van der Waals surface area (Å²) in [6, 6.07) is 25.9. The lowest BCUT2D eigenvalue weighted by Crippen LogP contribution is -2.22. The zero-order valence-electron chi connectivity index (χ0n) is 18.2. The molecule has 1 aromatic heterocycles. The van der Waals surface area contributed by atoms with E-state index in [1.807, 2.05) is 85.8 Å². The monoisotopic (exact) mass is 493 g/mol. The maximum absolute atomic E-state index is 12.9. The molecule has 0 bridgehead atoms. The second-order valence-electron chi connectivity index (χ2n) is 7.13. The van der Waals surface area contributed by atoms with Crippen LogP contribution in [0.25, 0.3) is 11.1 Å². The number of amides is 1. The first kappa shape index (κ1) is 23.4. The van der Waals surface area contributed by atoms with Gasteiger partial charge in [-0.3, -0.25) is 4.79 Å². The highest BCUT2D eigenvalue weighted by Crippen LogP contribution is 2.34. The average Bonchev–Trinajstić information content (AvgIpc) is 3.31. The number of para-hydroxylation sites is 1. The molecule has 168 valence electrons. The molecule has 1 heterocycles. The van der Waals surface area contributed by atoms with Crippen LogP contribution in [0.5, 0.6) is 5.75 Å². The smallest absolute Gasteiger partial charge is 0.237 e. The molecule has 0 aliphatic carbocycles. The molecule has 4 aromatic rings. The molecule has 5 nitrogen and oxygen atoms in total. The van der Waals surface area contributed by atoms with Crippen LogP contribution in [0.4, 0.5) is 5.69 Å². The maximum Gasteiger partial charge on any atom is 0.237 e. The molecule has 8 heteroatoms. The number of thioether (sulfide) groups is 2. The van der Waals surface area contributed by atoms with Gasteiger partial charge in [-0.15, -0.1) is 10.2 Å². The van der Waals surface area contributed by atoms with Gasteiger partial charge in [0.1, 0.15) is 5.75 Å². The Morgan fingerprint density at radius 2 is 1.67 bits per heavy atom. The molecule has 0 radical (unpaired) electrons. The SMILES string of the molecule is COc1ccc(CSc2nnc(SC(C)C(=O)Nc3ccccc3-c3ccccc3)s2)cc1. The van der Waals surface area contributed by atoms with E-state index in [1.54, 1.807) is 18.9 Å². The summed E-state index contributed by atoms with van der Waals surface area (Å²) >= 11 is 4.57. The fourth-order valence-corrected chi connectivity index (χ4v) is 6.19. The molecule has 4 rings (SSSR count). The molecule has 0 aliphatic rings. The Bertz CT molecular complexity index is 1200. The van der Waals surface area contributed by atoms with Gasteiger partial charge in [-0.05, 0) is 36.2 Å². The highest BCUT2D eigenvalue weighted by molar-refractivity contribution is 8.03. The highest BCUT2D eigenvalue weighted by atomic mass is 32.2. The van der Waals surface area contributed by atoms with E-state index in [9.17, 15) is 4.79 Å². The minimum absolute atomic E-state index is 0.0639. The zero-order valence-corrected chi connectivity index (χ0v) is 20.7. The second-order valence-corrected chi connectivity index (χ2v) is 10.9. The third kappa shape index (κ3) is 6.37. The first-order valence-corrected chi connectivity index (χ1v) is 13.0. The van der Waals surface area contributed by atoms with Crippen molar-refractivity contribution < 1.29 is 9.53 Å². The van der Waals surface area contributed by atoms with Gasteiger partial charge in [0.15, 0.2) is 8.68 Å². The lowest BCUT2D eigenvalue weighted by Gasteiger charge is -2.14. The average molecular weight is 494 g/mol. The fraction of sp³-hybridized carbons (Fsp3) is 0.160. The Balaban J connectivity index is 1.34. The first-order chi connectivity index (χ1) is 16.1. The molecular weight excluding hydrogens is 470 g/mol. The van der Waals surface area contributed by atoms with Crippen molar-refractivity contribution in [1.29, 1.82) is 0 Å². The predicted molar refractivity (Wildman–Crippen MR) is 138 cm³/mol. The van der Waals surface area contributed by atoms with Crippen LogP contribution in [0.15, 0.2) is 87.5 Å². The lowest BCUT2D eigenvalue weighted by molar-refractivity contribution is -0.115. The molecule has 0 saturated carbocycles. The summed E-state index contributed by atoms with van der Waals surface area (Å²) in [5, 5.41) is 11.3. The van der Waals surface area contributed by atoms with Gasteiger partial charge in [-0.2, -0.15) is 0 Å². The van der Waals surface area contributed by atoms with Crippen LogP contribution in [-0.4, -0.2) is 28.5 Å². The summed E-state index contributed by atoms with van der Waals surface area (Å²) in [7, 11) is 1.66. The van der Waals surface area contributed by atoms with Crippen molar-refractivity contribution in [1.82, 2.24) is 10.2 Å². The van der Waals surface area contributed by atoms with Crippen molar-refractivity contribution in [2.24, 2.45) is 0 Å². The summed E-state index contributed by atoms with van der Waals surface area (Å²) in [6.45, 7) is 1.89. The van der Waals surface area contributed by atoms with Crippen LogP contribution < -0.4 is 10.1 Å². The Morgan fingerprint density at radius 1 is 0.970 bits per heavy atom. The third-order valence-corrected chi connectivity index (χ3v) is 8.14. The Morgan fingerprint density at radius 3 is 2.42 bits per heavy atom. The van der Waals surface area contributed by atoms with E-state index in [0.29, 0.717) is 0 Å². The van der Waals surface area contributed by atoms with Crippen molar-refractivity contribution in [3.8, 4) is 16.9 Å². The number of carbonyl (C=O) groups excluding carboxylic acids is 1. The number of hydrogen-bond donors (Lipinski definition) is 1. The Kier molecular flexibility index (Phi) is 8.04. The number of anilines is 1. The molecule has 1 N–H and O–H groups in total. The number of aromatic nitrogens is 2. The van der Waals surface area contributed by atoms with Crippen molar-refractivity contribution in [2.75, 3.05) is 12.4 Å². The predicted octanol–water partition coefficient (Wildman–Crippen LogP) is 6.63. The van der Waals surface area contributed by atoms with E-state index in [4.69, 9.17) is 4.74 Å². The summed E-state index contributed by atoms with van der Waals surface area (Å²) < 4.78 is 6.86. The number of nitrogens with zero attached hydrogens (tertiary/aromatic N) is 2. The summed E-state index contributed by atoms with van der Waals surface area (Å²) in [5.41, 5.74) is 4.05. The van der Waals surface area contributed by atoms with Crippen LogP contribution in [-0.2, 0) is 10.5 Å². The molecule has 33 heavy (non-hydrogen) atoms. The van der Waals surface area contributed by atoms with Gasteiger partial charge in [-0.25, -0.2) is 0 Å². The number of ether oxygens (including phenoxy) is 1. The standard InChI is InChI=1S/C25H23N3O2S3/c1-17(23(29)26-22-11-7-6-10-21(22)19-8-4-3-5-9-19)32-25-28-27-24(33-25)31-16-18-12-14-20(30-2)15-13-18/h3-15,17H,16H2,1-2H3,(H,26,29). The van der Waals surface area contributed by atoms with E-state index < -0.39 is 0 Å². The minimum Gasteiger partial charge on any atom is -0.497 e. The summed E-state index contributed by atoms with van der Waals surface area (Å²) in [4.78, 5) is 12.9. The van der Waals surface area contributed by atoms with Gasteiger partial charge in [0.05, 0.1) is 12.4 Å². The van der Waals surface area contributed by atoms with Crippen LogP contribution in [0.1, 0.15) is 12.5 Å². The molecular formula is C25H23N3O2S3. The molecule has 0 saturated heterocycles. The second kappa shape index (κ2) is 11.4. The normalized spacial score (nSPS) is 11.7. The van der Waals surface area contributed by atoms with E-state index >= 15 is 0 Å². The molecule has 0 spiro atoms. The summed E-state index contributed by atoms with van der Waals surface area (Å²) in [6.07, 6.45) is 0. The Hall–Kier alpha value is -2.81. The van der Waals surface area contributed by atoms with Gasteiger partial charge in [0.25, 0.3) is 0 Å². The van der Waals surface area contributed by atoms with Crippen LogP contribution in [0, 0.1) is 0 Å². The lowest BCUT2D eigenvalue weighted by atomic mass is 10.0. The van der Waals surface area contributed by atoms with Gasteiger partial charge in [-0.1, -0.05) is 95.5 Å². The number of nitrogens with one attached hydrogen (secondary N) is 1. The molecule has 1 amide bonds. The van der Waals surface area contributed by atoms with Gasteiger partial charge >= 0.3 is 0 Å². The first-order valence-electron chi connectivity index (χ1n) is 10.3. The molecule has 0 aliphatic heterocycles. The Labute approximate surface area is 206 Å². The van der Waals surface area contributed by atoms with Gasteiger partial charge in [0, 0.05) is 17.0 Å². The van der Waals surface area contributed by atoms with E-state index in [-0.39, 0.29) is 11.2 Å². The fourth-order valence-electron chi connectivity index (χ4n) is 3.07. The number of hydrogen-bond acceptors (Lipinski definition) is 7. The van der Waals surface area contributed by atoms with E-state index in [1.165, 1.54) is 28.7 Å². The van der Waals surface area contributed by atoms with E-state index in [2.05, 4.69) is 15.5 Å². The quantitative estimate of drug-likeness (QED) is 0.264. The minimum atomic E-state index is -0.304. The number of rotatable bonds is 9. The van der Waals surface area contributed by atoms with Crippen LogP contribution in [0.3, 0.4) is 0 Å². The number of methoxy groups -OCH3 is 1. The number of benzene rings is 3. The third-order valence-electron chi connectivity index (χ3n) is 4.83. The van der Waals surface area contributed by atoms with Crippen molar-refractivity contribution in [3.05, 3.63) is 84.4 Å². The highest BCUT2D eigenvalue weighted by Gasteiger charge is 2.19. The molecule has 1 unspecified atom stereocenters. The number of carbonyl (C=O) groups is 1. The summed E-state index contributed by atoms with van der Waals surface area (Å²) in [5.74, 6) is 1.58. The maximum atomic E-state index is 12.9. The molecule has 3 aromatic carbocycles. The molecule has 0 fully saturated rings. The zero-order chi connectivity index (χ0) is 23.0. The molecule has 1 atom stereocenters. The largest absolute Gasteiger partial charge is 0.497 e. The van der Waals surface area contributed by atoms with Crippen molar-refractivity contribution in [3.63, 3.8) is 0 Å².